The number of fused-ring (bicyclic) bond motifs is 1. The van der Waals surface area contributed by atoms with E-state index in [9.17, 15) is 0 Å². The summed E-state index contributed by atoms with van der Waals surface area (Å²) in [6.07, 6.45) is 1.04. The second-order valence-corrected chi connectivity index (χ2v) is 3.85. The smallest absolute Gasteiger partial charge is 0.144 e. The minimum absolute atomic E-state index is 0.780. The SMILES string of the molecule is CCCOc1cccc2c1NCCN2C. The number of hydrogen-bond acceptors (Lipinski definition) is 3. The van der Waals surface area contributed by atoms with Gasteiger partial charge in [0, 0.05) is 20.1 Å². The van der Waals surface area contributed by atoms with E-state index in [2.05, 4.69) is 30.3 Å². The van der Waals surface area contributed by atoms with Crippen LogP contribution < -0.4 is 15.0 Å². The van der Waals surface area contributed by atoms with Crippen molar-refractivity contribution in [1.29, 1.82) is 0 Å². The number of anilines is 2. The van der Waals surface area contributed by atoms with Gasteiger partial charge in [-0.25, -0.2) is 0 Å². The Morgan fingerprint density at radius 3 is 3.13 bits per heavy atom. The summed E-state index contributed by atoms with van der Waals surface area (Å²) in [5.41, 5.74) is 2.37. The lowest BCUT2D eigenvalue weighted by molar-refractivity contribution is 0.318. The van der Waals surface area contributed by atoms with Crippen molar-refractivity contribution in [3.05, 3.63) is 18.2 Å². The molecule has 0 bridgehead atoms. The molecule has 0 spiro atoms. The standard InChI is InChI=1S/C12H18N2O/c1-3-9-15-11-6-4-5-10-12(11)13-7-8-14(10)2/h4-6,13H,3,7-9H2,1-2H3. The molecule has 1 aliphatic heterocycles. The van der Waals surface area contributed by atoms with E-state index in [-0.39, 0.29) is 0 Å². The molecular weight excluding hydrogens is 188 g/mol. The van der Waals surface area contributed by atoms with E-state index >= 15 is 0 Å². The van der Waals surface area contributed by atoms with Gasteiger partial charge >= 0.3 is 0 Å². The van der Waals surface area contributed by atoms with E-state index in [0.29, 0.717) is 0 Å². The van der Waals surface area contributed by atoms with E-state index in [1.807, 2.05) is 12.1 Å². The minimum Gasteiger partial charge on any atom is -0.491 e. The lowest BCUT2D eigenvalue weighted by Crippen LogP contribution is -2.30. The van der Waals surface area contributed by atoms with E-state index < -0.39 is 0 Å². The molecule has 0 saturated carbocycles. The van der Waals surface area contributed by atoms with E-state index in [0.717, 1.165) is 37.6 Å². The molecule has 82 valence electrons. The number of para-hydroxylation sites is 1. The first-order valence-corrected chi connectivity index (χ1v) is 5.53. The van der Waals surface area contributed by atoms with E-state index in [1.165, 1.54) is 5.69 Å². The zero-order chi connectivity index (χ0) is 10.7. The highest BCUT2D eigenvalue weighted by Gasteiger charge is 2.16. The Balaban J connectivity index is 2.27. The van der Waals surface area contributed by atoms with Crippen LogP contribution in [0.25, 0.3) is 0 Å². The molecule has 0 amide bonds. The van der Waals surface area contributed by atoms with Gasteiger partial charge in [0.05, 0.1) is 12.3 Å². The van der Waals surface area contributed by atoms with Crippen LogP contribution >= 0.6 is 0 Å². The van der Waals surface area contributed by atoms with E-state index in [1.54, 1.807) is 0 Å². The summed E-state index contributed by atoms with van der Waals surface area (Å²) in [6.45, 7) is 4.93. The highest BCUT2D eigenvalue weighted by molar-refractivity contribution is 5.77. The van der Waals surface area contributed by atoms with Crippen LogP contribution in [0.15, 0.2) is 18.2 Å². The quantitative estimate of drug-likeness (QED) is 0.821. The molecule has 0 aromatic heterocycles. The number of benzene rings is 1. The highest BCUT2D eigenvalue weighted by atomic mass is 16.5. The summed E-state index contributed by atoms with van der Waals surface area (Å²) >= 11 is 0. The molecule has 3 heteroatoms. The Labute approximate surface area is 91.0 Å². The van der Waals surface area contributed by atoms with Gasteiger partial charge in [-0.2, -0.15) is 0 Å². The molecule has 0 fully saturated rings. The maximum atomic E-state index is 5.71. The molecular formula is C12H18N2O. The first kappa shape index (κ1) is 10.1. The predicted octanol–water partition coefficient (Wildman–Crippen LogP) is 2.34. The fourth-order valence-electron chi connectivity index (χ4n) is 1.82. The fraction of sp³-hybridized carbons (Fsp3) is 0.500. The summed E-state index contributed by atoms with van der Waals surface area (Å²) in [7, 11) is 2.11. The second-order valence-electron chi connectivity index (χ2n) is 3.85. The third kappa shape index (κ3) is 2.01. The summed E-state index contributed by atoms with van der Waals surface area (Å²) < 4.78 is 5.71. The summed E-state index contributed by atoms with van der Waals surface area (Å²) in [5.74, 6) is 0.973. The Morgan fingerprint density at radius 2 is 2.33 bits per heavy atom. The first-order valence-electron chi connectivity index (χ1n) is 5.53. The minimum atomic E-state index is 0.780. The zero-order valence-corrected chi connectivity index (χ0v) is 9.42. The molecule has 0 aliphatic carbocycles. The van der Waals surface area contributed by atoms with Gasteiger partial charge in [0.2, 0.25) is 0 Å². The highest BCUT2D eigenvalue weighted by Crippen LogP contribution is 2.36. The number of hydrogen-bond donors (Lipinski definition) is 1. The average Bonchev–Trinajstić information content (AvgIpc) is 2.27. The molecule has 1 aromatic rings. The van der Waals surface area contributed by atoms with Crippen molar-refractivity contribution < 1.29 is 4.74 Å². The van der Waals surface area contributed by atoms with Crippen LogP contribution in [0.1, 0.15) is 13.3 Å². The van der Waals surface area contributed by atoms with Crippen molar-refractivity contribution in [3.63, 3.8) is 0 Å². The van der Waals surface area contributed by atoms with Gasteiger partial charge in [0.15, 0.2) is 0 Å². The normalized spacial score (nSPS) is 14.4. The van der Waals surface area contributed by atoms with Crippen molar-refractivity contribution in [1.82, 2.24) is 0 Å². The molecule has 0 saturated heterocycles. The zero-order valence-electron chi connectivity index (χ0n) is 9.42. The lowest BCUT2D eigenvalue weighted by atomic mass is 10.2. The summed E-state index contributed by atoms with van der Waals surface area (Å²) in [4.78, 5) is 2.25. The molecule has 1 aliphatic rings. The van der Waals surface area contributed by atoms with Crippen molar-refractivity contribution in [3.8, 4) is 5.75 Å². The molecule has 0 radical (unpaired) electrons. The third-order valence-corrected chi connectivity index (χ3v) is 2.63. The maximum absolute atomic E-state index is 5.71. The molecule has 0 unspecified atom stereocenters. The molecule has 1 aromatic carbocycles. The third-order valence-electron chi connectivity index (χ3n) is 2.63. The van der Waals surface area contributed by atoms with Gasteiger partial charge in [0.25, 0.3) is 0 Å². The fourth-order valence-corrected chi connectivity index (χ4v) is 1.82. The van der Waals surface area contributed by atoms with Gasteiger partial charge < -0.3 is 15.0 Å². The van der Waals surface area contributed by atoms with Crippen molar-refractivity contribution in [2.75, 3.05) is 37.0 Å². The van der Waals surface area contributed by atoms with Crippen LogP contribution in [0, 0.1) is 0 Å². The first-order chi connectivity index (χ1) is 7.33. The van der Waals surface area contributed by atoms with E-state index in [4.69, 9.17) is 4.74 Å². The van der Waals surface area contributed by atoms with Crippen molar-refractivity contribution in [2.24, 2.45) is 0 Å². The predicted molar refractivity (Wildman–Crippen MR) is 64.0 cm³/mol. The largest absolute Gasteiger partial charge is 0.491 e. The van der Waals surface area contributed by atoms with Gasteiger partial charge in [0.1, 0.15) is 11.4 Å². The Morgan fingerprint density at radius 1 is 1.47 bits per heavy atom. The number of nitrogens with one attached hydrogen (secondary N) is 1. The van der Waals surface area contributed by atoms with Crippen LogP contribution in [-0.4, -0.2) is 26.7 Å². The second kappa shape index (κ2) is 4.43. The van der Waals surface area contributed by atoms with Crippen LogP contribution in [0.2, 0.25) is 0 Å². The monoisotopic (exact) mass is 206 g/mol. The lowest BCUT2D eigenvalue weighted by Gasteiger charge is -2.29. The molecule has 15 heavy (non-hydrogen) atoms. The topological polar surface area (TPSA) is 24.5 Å². The van der Waals surface area contributed by atoms with Gasteiger partial charge in [-0.3, -0.25) is 0 Å². The summed E-state index contributed by atoms with van der Waals surface area (Å²) in [6, 6.07) is 6.20. The molecule has 2 rings (SSSR count). The van der Waals surface area contributed by atoms with Crippen LogP contribution in [0.4, 0.5) is 11.4 Å². The summed E-state index contributed by atoms with van der Waals surface area (Å²) in [5, 5.41) is 3.40. The number of likely N-dealkylation sites (N-methyl/N-ethyl adjacent to an activating group) is 1. The maximum Gasteiger partial charge on any atom is 0.144 e. The Bertz CT molecular complexity index is 338. The number of nitrogens with zero attached hydrogens (tertiary/aromatic N) is 1. The number of rotatable bonds is 3. The van der Waals surface area contributed by atoms with Crippen molar-refractivity contribution >= 4 is 11.4 Å². The average molecular weight is 206 g/mol. The Kier molecular flexibility index (Phi) is 2.99. The van der Waals surface area contributed by atoms with Gasteiger partial charge in [-0.15, -0.1) is 0 Å². The number of ether oxygens (including phenoxy) is 1. The van der Waals surface area contributed by atoms with Gasteiger partial charge in [-0.1, -0.05) is 13.0 Å². The van der Waals surface area contributed by atoms with Crippen molar-refractivity contribution in [2.45, 2.75) is 13.3 Å². The van der Waals surface area contributed by atoms with Gasteiger partial charge in [-0.05, 0) is 18.6 Å². The molecule has 3 nitrogen and oxygen atoms in total. The van der Waals surface area contributed by atoms with Crippen LogP contribution in [0.5, 0.6) is 5.75 Å². The van der Waals surface area contributed by atoms with Crippen LogP contribution in [0.3, 0.4) is 0 Å². The Hall–Kier alpha value is -1.38. The molecule has 0 atom stereocenters. The molecule has 1 heterocycles. The van der Waals surface area contributed by atoms with Crippen LogP contribution in [-0.2, 0) is 0 Å². The molecule has 1 N–H and O–H groups in total.